The number of nitrogens with zero attached hydrogens (tertiary/aromatic N) is 4. The highest BCUT2D eigenvalue weighted by molar-refractivity contribution is 5.63. The molecule has 156 valence electrons. The average Bonchev–Trinajstić information content (AvgIpc) is 2.75. The third kappa shape index (κ3) is 4.60. The van der Waals surface area contributed by atoms with Crippen LogP contribution in [0.3, 0.4) is 0 Å². The summed E-state index contributed by atoms with van der Waals surface area (Å²) in [5.74, 6) is 1.67. The van der Waals surface area contributed by atoms with Crippen molar-refractivity contribution in [2.75, 3.05) is 25.9 Å². The molecule has 1 aliphatic rings. The van der Waals surface area contributed by atoms with Gasteiger partial charge in [-0.25, -0.2) is 9.97 Å². The van der Waals surface area contributed by atoms with E-state index >= 15 is 0 Å². The molecule has 0 bridgehead atoms. The van der Waals surface area contributed by atoms with Crippen molar-refractivity contribution in [1.82, 2.24) is 19.9 Å². The van der Waals surface area contributed by atoms with Gasteiger partial charge in [0.1, 0.15) is 5.75 Å². The van der Waals surface area contributed by atoms with E-state index in [9.17, 15) is 0 Å². The first-order valence-electron chi connectivity index (χ1n) is 10.4. The van der Waals surface area contributed by atoms with Crippen molar-refractivity contribution in [2.24, 2.45) is 0 Å². The first kappa shape index (κ1) is 20.3. The number of ether oxygens (including phenoxy) is 1. The number of nitrogen functional groups attached to an aromatic ring is 1. The number of methoxy groups -OCH3 is 1. The fourth-order valence-electron chi connectivity index (χ4n) is 4.22. The molecule has 1 aromatic carbocycles. The van der Waals surface area contributed by atoms with Crippen LogP contribution in [0.1, 0.15) is 41.3 Å². The van der Waals surface area contributed by atoms with E-state index < -0.39 is 0 Å². The van der Waals surface area contributed by atoms with E-state index in [1.807, 2.05) is 6.92 Å². The molecule has 0 amide bonds. The Morgan fingerprint density at radius 1 is 1.10 bits per heavy atom. The highest BCUT2D eigenvalue weighted by Gasteiger charge is 2.24. The van der Waals surface area contributed by atoms with Crippen molar-refractivity contribution >= 4 is 5.95 Å². The highest BCUT2D eigenvalue weighted by atomic mass is 16.5. The van der Waals surface area contributed by atoms with Crippen LogP contribution in [0.4, 0.5) is 5.95 Å². The third-order valence-corrected chi connectivity index (χ3v) is 5.74. The SMILES string of the molecule is COc1cc(C)ccc1CN1CCC[C@@H](c2cc(-c3cnc(N)nc3)cc(C)n2)C1. The van der Waals surface area contributed by atoms with E-state index in [0.717, 1.165) is 60.7 Å². The summed E-state index contributed by atoms with van der Waals surface area (Å²) >= 11 is 0. The molecule has 3 aromatic rings. The summed E-state index contributed by atoms with van der Waals surface area (Å²) in [4.78, 5) is 15.7. The van der Waals surface area contributed by atoms with Crippen LogP contribution in [-0.2, 0) is 6.54 Å². The molecule has 1 aliphatic heterocycles. The number of piperidine rings is 1. The molecule has 0 radical (unpaired) electrons. The highest BCUT2D eigenvalue weighted by Crippen LogP contribution is 2.31. The Kier molecular flexibility index (Phi) is 5.95. The van der Waals surface area contributed by atoms with Gasteiger partial charge >= 0.3 is 0 Å². The number of aryl methyl sites for hydroxylation is 2. The third-order valence-electron chi connectivity index (χ3n) is 5.74. The van der Waals surface area contributed by atoms with E-state index in [-0.39, 0.29) is 0 Å². The Hall–Kier alpha value is -2.99. The zero-order valence-corrected chi connectivity index (χ0v) is 17.9. The van der Waals surface area contributed by atoms with Crippen molar-refractivity contribution in [3.63, 3.8) is 0 Å². The average molecular weight is 404 g/mol. The van der Waals surface area contributed by atoms with Gasteiger partial charge in [-0.05, 0) is 62.6 Å². The fourth-order valence-corrected chi connectivity index (χ4v) is 4.22. The molecule has 0 spiro atoms. The summed E-state index contributed by atoms with van der Waals surface area (Å²) in [5.41, 5.74) is 12.3. The van der Waals surface area contributed by atoms with E-state index in [1.165, 1.54) is 11.1 Å². The van der Waals surface area contributed by atoms with Gasteiger partial charge in [-0.3, -0.25) is 9.88 Å². The zero-order chi connectivity index (χ0) is 21.1. The van der Waals surface area contributed by atoms with Crippen molar-refractivity contribution in [2.45, 2.75) is 39.2 Å². The number of rotatable bonds is 5. The van der Waals surface area contributed by atoms with Gasteiger partial charge in [-0.2, -0.15) is 0 Å². The standard InChI is InChI=1S/C24H29N5O/c1-16-6-7-19(23(9-16)30-3)15-29-8-4-5-18(14-29)22-11-20(10-17(2)28-22)21-12-26-24(25)27-13-21/h6-7,9-13,18H,4-5,8,14-15H2,1-3H3,(H2,25,26,27)/t18-/m1/s1. The first-order chi connectivity index (χ1) is 14.5. The lowest BCUT2D eigenvalue weighted by molar-refractivity contribution is 0.196. The predicted octanol–water partition coefficient (Wildman–Crippen LogP) is 4.13. The Morgan fingerprint density at radius 3 is 2.67 bits per heavy atom. The van der Waals surface area contributed by atoms with Crippen LogP contribution in [0, 0.1) is 13.8 Å². The molecule has 2 aromatic heterocycles. The lowest BCUT2D eigenvalue weighted by atomic mass is 9.92. The zero-order valence-electron chi connectivity index (χ0n) is 17.9. The molecule has 0 unspecified atom stereocenters. The van der Waals surface area contributed by atoms with Gasteiger partial charge < -0.3 is 10.5 Å². The monoisotopic (exact) mass is 403 g/mol. The Bertz CT molecular complexity index is 1020. The van der Waals surface area contributed by atoms with Crippen LogP contribution in [-0.4, -0.2) is 40.1 Å². The molecule has 1 fully saturated rings. The molecule has 4 rings (SSSR count). The lowest BCUT2D eigenvalue weighted by Gasteiger charge is -2.33. The molecule has 0 aliphatic carbocycles. The maximum absolute atomic E-state index is 5.64. The molecule has 30 heavy (non-hydrogen) atoms. The van der Waals surface area contributed by atoms with Crippen LogP contribution >= 0.6 is 0 Å². The Labute approximate surface area is 178 Å². The number of pyridine rings is 1. The minimum absolute atomic E-state index is 0.291. The summed E-state index contributed by atoms with van der Waals surface area (Å²) in [5, 5.41) is 0. The molecule has 1 saturated heterocycles. The summed E-state index contributed by atoms with van der Waals surface area (Å²) in [6, 6.07) is 10.7. The van der Waals surface area contributed by atoms with E-state index in [1.54, 1.807) is 19.5 Å². The lowest BCUT2D eigenvalue weighted by Crippen LogP contribution is -2.34. The van der Waals surface area contributed by atoms with Crippen molar-refractivity contribution < 1.29 is 4.74 Å². The molecular formula is C24H29N5O. The molecule has 3 heterocycles. The minimum atomic E-state index is 0.291. The van der Waals surface area contributed by atoms with Gasteiger partial charge in [0.2, 0.25) is 5.95 Å². The number of hydrogen-bond donors (Lipinski definition) is 1. The largest absolute Gasteiger partial charge is 0.496 e. The second kappa shape index (κ2) is 8.79. The van der Waals surface area contributed by atoms with Gasteiger partial charge in [0.25, 0.3) is 0 Å². The number of aromatic nitrogens is 3. The first-order valence-corrected chi connectivity index (χ1v) is 10.4. The van der Waals surface area contributed by atoms with Gasteiger partial charge in [0, 0.05) is 53.9 Å². The Balaban J connectivity index is 1.54. The molecular weight excluding hydrogens is 374 g/mol. The van der Waals surface area contributed by atoms with Crippen molar-refractivity contribution in [3.8, 4) is 16.9 Å². The number of anilines is 1. The van der Waals surface area contributed by atoms with Gasteiger partial charge in [0.15, 0.2) is 0 Å². The summed E-state index contributed by atoms with van der Waals surface area (Å²) in [6.45, 7) is 7.12. The van der Waals surface area contributed by atoms with Gasteiger partial charge in [-0.15, -0.1) is 0 Å². The van der Waals surface area contributed by atoms with E-state index in [0.29, 0.717) is 11.9 Å². The molecule has 2 N–H and O–H groups in total. The summed E-state index contributed by atoms with van der Waals surface area (Å²) in [7, 11) is 1.75. The predicted molar refractivity (Wildman–Crippen MR) is 119 cm³/mol. The van der Waals surface area contributed by atoms with Crippen LogP contribution in [0.15, 0.2) is 42.7 Å². The van der Waals surface area contributed by atoms with Crippen LogP contribution < -0.4 is 10.5 Å². The van der Waals surface area contributed by atoms with Crippen molar-refractivity contribution in [1.29, 1.82) is 0 Å². The maximum Gasteiger partial charge on any atom is 0.219 e. The summed E-state index contributed by atoms with van der Waals surface area (Å²) in [6.07, 6.45) is 5.86. The van der Waals surface area contributed by atoms with Crippen LogP contribution in [0.5, 0.6) is 5.75 Å². The second-order valence-corrected chi connectivity index (χ2v) is 8.14. The normalized spacial score (nSPS) is 17.1. The van der Waals surface area contributed by atoms with E-state index in [2.05, 4.69) is 52.1 Å². The molecule has 6 heteroatoms. The van der Waals surface area contributed by atoms with Crippen molar-refractivity contribution in [3.05, 3.63) is 65.2 Å². The summed E-state index contributed by atoms with van der Waals surface area (Å²) < 4.78 is 5.61. The van der Waals surface area contributed by atoms with Crippen LogP contribution in [0.2, 0.25) is 0 Å². The number of hydrogen-bond acceptors (Lipinski definition) is 6. The quantitative estimate of drug-likeness (QED) is 0.690. The number of likely N-dealkylation sites (tertiary alicyclic amines) is 1. The second-order valence-electron chi connectivity index (χ2n) is 8.14. The smallest absolute Gasteiger partial charge is 0.219 e. The molecule has 0 saturated carbocycles. The van der Waals surface area contributed by atoms with Crippen LogP contribution in [0.25, 0.3) is 11.1 Å². The topological polar surface area (TPSA) is 77.2 Å². The molecule has 1 atom stereocenters. The van der Waals surface area contributed by atoms with E-state index in [4.69, 9.17) is 15.5 Å². The molecule has 6 nitrogen and oxygen atoms in total. The van der Waals surface area contributed by atoms with Gasteiger partial charge in [-0.1, -0.05) is 12.1 Å². The Morgan fingerprint density at radius 2 is 1.90 bits per heavy atom. The fraction of sp³-hybridized carbons (Fsp3) is 0.375. The maximum atomic E-state index is 5.64. The minimum Gasteiger partial charge on any atom is -0.496 e. The number of nitrogens with two attached hydrogens (primary N) is 1. The van der Waals surface area contributed by atoms with Gasteiger partial charge in [0.05, 0.1) is 7.11 Å². The number of benzene rings is 1.